The van der Waals surface area contributed by atoms with Crippen LogP contribution in [0.25, 0.3) is 22.3 Å². The second-order valence-electron chi connectivity index (χ2n) is 11.5. The number of alkyl halides is 3. The molecule has 4 aromatic carbocycles. The number of rotatable bonds is 8. The Labute approximate surface area is 262 Å². The molecule has 1 N–H and O–H groups in total. The Morgan fingerprint density at radius 2 is 1.28 bits per heavy atom. The van der Waals surface area contributed by atoms with Crippen LogP contribution in [0.4, 0.5) is 13.2 Å². The molecule has 0 unspecified atom stereocenters. The highest BCUT2D eigenvalue weighted by Crippen LogP contribution is 2.42. The molecule has 2 heterocycles. The number of aromatic nitrogens is 3. The Bertz CT molecular complexity index is 1990. The minimum atomic E-state index is -4.53. The van der Waals surface area contributed by atoms with Crippen LogP contribution in [0.2, 0.25) is 0 Å². The number of halogens is 3. The summed E-state index contributed by atoms with van der Waals surface area (Å²) in [5, 5.41) is 2.95. The van der Waals surface area contributed by atoms with Gasteiger partial charge in [-0.05, 0) is 53.3 Å². The van der Waals surface area contributed by atoms with E-state index >= 15 is 0 Å². The van der Waals surface area contributed by atoms with Crippen LogP contribution < -0.4 is 11.0 Å². The minimum absolute atomic E-state index is 0.0763. The number of amides is 1. The Morgan fingerprint density at radius 1 is 0.739 bits per heavy atom. The van der Waals surface area contributed by atoms with Crippen molar-refractivity contribution < 1.29 is 18.0 Å². The van der Waals surface area contributed by atoms with Crippen molar-refractivity contribution in [3.63, 3.8) is 0 Å². The largest absolute Gasteiger partial charge is 0.416 e. The number of hydrogen-bond donors (Lipinski definition) is 1. The number of pyridine rings is 1. The molecular weight excluding hydrogens is 589 g/mol. The zero-order valence-corrected chi connectivity index (χ0v) is 24.6. The molecule has 6 aromatic rings. The monoisotopic (exact) mass is 618 g/mol. The van der Waals surface area contributed by atoms with E-state index in [4.69, 9.17) is 4.98 Å². The normalized spacial score (nSPS) is 13.5. The third-order valence-electron chi connectivity index (χ3n) is 8.45. The van der Waals surface area contributed by atoms with Crippen molar-refractivity contribution in [1.82, 2.24) is 19.4 Å². The molecule has 9 heteroatoms. The number of fused-ring (bicyclic) bond motifs is 1. The molecule has 6 nitrogen and oxygen atoms in total. The minimum Gasteiger partial charge on any atom is -0.352 e. The van der Waals surface area contributed by atoms with Crippen LogP contribution in [0.1, 0.15) is 35.1 Å². The zero-order valence-electron chi connectivity index (χ0n) is 24.6. The highest BCUT2D eigenvalue weighted by molar-refractivity contribution is 5.83. The lowest BCUT2D eigenvalue weighted by molar-refractivity contribution is -0.137. The van der Waals surface area contributed by atoms with Crippen LogP contribution in [0, 0.1) is 0 Å². The molecule has 230 valence electrons. The van der Waals surface area contributed by atoms with Gasteiger partial charge in [0.15, 0.2) is 5.65 Å². The van der Waals surface area contributed by atoms with Crippen molar-refractivity contribution >= 4 is 17.1 Å². The Kier molecular flexibility index (Phi) is 7.31. The summed E-state index contributed by atoms with van der Waals surface area (Å²) in [7, 11) is 0. The molecule has 0 atom stereocenters. The second-order valence-corrected chi connectivity index (χ2v) is 11.5. The molecule has 0 radical (unpaired) electrons. The molecule has 0 spiro atoms. The molecule has 0 saturated heterocycles. The molecule has 0 aliphatic heterocycles. The van der Waals surface area contributed by atoms with E-state index < -0.39 is 23.0 Å². The molecule has 7 rings (SSSR count). The van der Waals surface area contributed by atoms with Gasteiger partial charge in [-0.15, -0.1) is 0 Å². The fourth-order valence-corrected chi connectivity index (χ4v) is 6.19. The fraction of sp³-hybridized carbons (Fsp3) is 0.162. The summed E-state index contributed by atoms with van der Waals surface area (Å²) in [4.78, 5) is 32.9. The smallest absolute Gasteiger partial charge is 0.352 e. The van der Waals surface area contributed by atoms with E-state index in [1.165, 1.54) is 16.8 Å². The summed E-state index contributed by atoms with van der Waals surface area (Å²) in [5.74, 6) is -0.321. The zero-order chi connectivity index (χ0) is 31.9. The van der Waals surface area contributed by atoms with Gasteiger partial charge in [-0.2, -0.15) is 13.2 Å². The molecule has 0 bridgehead atoms. The predicted molar refractivity (Wildman–Crippen MR) is 170 cm³/mol. The first kappa shape index (κ1) is 29.3. The Morgan fingerprint density at radius 3 is 1.80 bits per heavy atom. The van der Waals surface area contributed by atoms with E-state index in [1.807, 2.05) is 91.0 Å². The maximum Gasteiger partial charge on any atom is 0.416 e. The molecule has 1 aliphatic carbocycles. The molecule has 46 heavy (non-hydrogen) atoms. The van der Waals surface area contributed by atoms with Gasteiger partial charge in [0.05, 0.1) is 11.1 Å². The van der Waals surface area contributed by atoms with Gasteiger partial charge in [-0.25, -0.2) is 9.78 Å². The van der Waals surface area contributed by atoms with Gasteiger partial charge >= 0.3 is 11.9 Å². The average molecular weight is 619 g/mol. The van der Waals surface area contributed by atoms with Gasteiger partial charge in [-0.1, -0.05) is 103 Å². The van der Waals surface area contributed by atoms with Gasteiger partial charge in [0, 0.05) is 17.8 Å². The number of nitrogens with zero attached hydrogens (tertiary/aromatic N) is 3. The first-order valence-corrected chi connectivity index (χ1v) is 15.0. The quantitative estimate of drug-likeness (QED) is 0.187. The SMILES string of the molecule is O=C(Cn1c(=O)n(C(c2ccccc2)(c2ccccc2)c2ccccc2)c2ncc(-c3cccc(C(F)(F)F)c3)cc21)NC1CC1. The molecule has 1 amide bonds. The summed E-state index contributed by atoms with van der Waals surface area (Å²) >= 11 is 0. The van der Waals surface area contributed by atoms with E-state index in [9.17, 15) is 22.8 Å². The molecule has 1 fully saturated rings. The number of hydrogen-bond acceptors (Lipinski definition) is 3. The summed E-state index contributed by atoms with van der Waals surface area (Å²) < 4.78 is 43.8. The van der Waals surface area contributed by atoms with Crippen molar-refractivity contribution in [1.29, 1.82) is 0 Å². The van der Waals surface area contributed by atoms with Crippen LogP contribution in [0.5, 0.6) is 0 Å². The van der Waals surface area contributed by atoms with Crippen LogP contribution in [0.3, 0.4) is 0 Å². The van der Waals surface area contributed by atoms with Crippen LogP contribution in [0.15, 0.2) is 132 Å². The molecular formula is C37H29F3N4O2. The standard InChI is InChI=1S/C37H29F3N4O2/c38-37(39,40)30-18-10-11-25(21-30)26-22-32-34(41-23-26)44(35(46)43(32)24-33(45)42-31-19-20-31)36(27-12-4-1-5-13-27,28-14-6-2-7-15-28)29-16-8-3-9-17-29/h1-18,21-23,31H,19-20,24H2,(H,42,45). The highest BCUT2D eigenvalue weighted by Gasteiger charge is 2.42. The van der Waals surface area contributed by atoms with Crippen LogP contribution >= 0.6 is 0 Å². The number of imidazole rings is 1. The summed E-state index contributed by atoms with van der Waals surface area (Å²) in [6, 6.07) is 35.5. The fourth-order valence-electron chi connectivity index (χ4n) is 6.19. The third-order valence-corrected chi connectivity index (χ3v) is 8.45. The topological polar surface area (TPSA) is 68.9 Å². The molecule has 2 aromatic heterocycles. The van der Waals surface area contributed by atoms with E-state index in [2.05, 4.69) is 5.32 Å². The van der Waals surface area contributed by atoms with Crippen molar-refractivity contribution in [2.45, 2.75) is 37.1 Å². The lowest BCUT2D eigenvalue weighted by Gasteiger charge is -2.37. The number of carbonyl (C=O) groups excluding carboxylic acids is 1. The Hall–Kier alpha value is -5.44. The first-order chi connectivity index (χ1) is 22.3. The summed E-state index contributed by atoms with van der Waals surface area (Å²) in [6.45, 7) is -0.277. The van der Waals surface area contributed by atoms with Gasteiger partial charge in [0.1, 0.15) is 12.1 Å². The van der Waals surface area contributed by atoms with E-state index in [-0.39, 0.29) is 24.1 Å². The maximum atomic E-state index is 14.9. The highest BCUT2D eigenvalue weighted by atomic mass is 19.4. The van der Waals surface area contributed by atoms with Crippen molar-refractivity contribution in [2.24, 2.45) is 0 Å². The van der Waals surface area contributed by atoms with E-state index in [0.29, 0.717) is 16.6 Å². The number of benzene rings is 4. The van der Waals surface area contributed by atoms with Crippen LogP contribution in [-0.4, -0.2) is 26.1 Å². The van der Waals surface area contributed by atoms with Crippen LogP contribution in [-0.2, 0) is 23.1 Å². The Balaban J connectivity index is 1.55. The third kappa shape index (κ3) is 5.17. The predicted octanol–water partition coefficient (Wildman–Crippen LogP) is 7.00. The van der Waals surface area contributed by atoms with E-state index in [0.717, 1.165) is 41.7 Å². The molecule has 1 aliphatic rings. The van der Waals surface area contributed by atoms with Crippen molar-refractivity contribution in [3.8, 4) is 11.1 Å². The average Bonchev–Trinajstić information content (AvgIpc) is 3.86. The summed E-state index contributed by atoms with van der Waals surface area (Å²) in [6.07, 6.45) is -1.29. The lowest BCUT2D eigenvalue weighted by atomic mass is 9.76. The van der Waals surface area contributed by atoms with Crippen molar-refractivity contribution in [3.05, 3.63) is 160 Å². The van der Waals surface area contributed by atoms with Gasteiger partial charge in [-0.3, -0.25) is 13.9 Å². The number of nitrogens with one attached hydrogen (secondary N) is 1. The lowest BCUT2D eigenvalue weighted by Crippen LogP contribution is -2.45. The van der Waals surface area contributed by atoms with Gasteiger partial charge < -0.3 is 5.32 Å². The second kappa shape index (κ2) is 11.5. The van der Waals surface area contributed by atoms with Gasteiger partial charge in [0.25, 0.3) is 0 Å². The van der Waals surface area contributed by atoms with E-state index in [1.54, 1.807) is 16.7 Å². The summed E-state index contributed by atoms with van der Waals surface area (Å²) in [5.41, 5.74) is 1.18. The van der Waals surface area contributed by atoms with Gasteiger partial charge in [0.2, 0.25) is 5.91 Å². The van der Waals surface area contributed by atoms with Crippen molar-refractivity contribution in [2.75, 3.05) is 0 Å². The first-order valence-electron chi connectivity index (χ1n) is 15.0. The molecule has 1 saturated carbocycles. The maximum absolute atomic E-state index is 14.9. The number of carbonyl (C=O) groups is 1.